The summed E-state index contributed by atoms with van der Waals surface area (Å²) in [4.78, 5) is 50.4. The Kier molecular flexibility index (Phi) is 3.97. The molecule has 0 heterocycles. The highest BCUT2D eigenvalue weighted by Gasteiger charge is 2.34. The van der Waals surface area contributed by atoms with Crippen molar-refractivity contribution in [2.45, 2.75) is 19.4 Å². The van der Waals surface area contributed by atoms with Crippen LogP contribution in [-0.2, 0) is 4.74 Å². The van der Waals surface area contributed by atoms with Gasteiger partial charge in [0.1, 0.15) is 5.60 Å². The molecule has 1 aliphatic carbocycles. The number of Topliss-reactive ketones (excluding diaryl/α,β-unsaturated/α-hetero) is 3. The zero-order valence-electron chi connectivity index (χ0n) is 14.1. The van der Waals surface area contributed by atoms with Crippen LogP contribution in [0.4, 0.5) is 0 Å². The Bertz CT molecular complexity index is 937. The summed E-state index contributed by atoms with van der Waals surface area (Å²) < 4.78 is 5.17. The van der Waals surface area contributed by atoms with Crippen molar-refractivity contribution in [1.29, 1.82) is 0 Å². The lowest BCUT2D eigenvalue weighted by Crippen LogP contribution is -2.34. The minimum absolute atomic E-state index is 0.0519. The fourth-order valence-electron chi connectivity index (χ4n) is 2.78. The third-order valence-corrected chi connectivity index (χ3v) is 4.45. The van der Waals surface area contributed by atoms with Gasteiger partial charge < -0.3 is 4.74 Å². The van der Waals surface area contributed by atoms with Gasteiger partial charge in [0.05, 0.1) is 0 Å². The number of rotatable bonds is 3. The van der Waals surface area contributed by atoms with Crippen LogP contribution in [0.3, 0.4) is 0 Å². The van der Waals surface area contributed by atoms with Gasteiger partial charge in [-0.15, -0.1) is 0 Å². The molecule has 0 saturated heterocycles. The van der Waals surface area contributed by atoms with E-state index in [4.69, 9.17) is 4.74 Å². The molecule has 5 nitrogen and oxygen atoms in total. The van der Waals surface area contributed by atoms with Gasteiger partial charge in [-0.25, -0.2) is 0 Å². The standard InChI is InChI=1S/C20H16O5/c1-20(2,25-3)19(24)11-8-9-14-15(10-11)18(23)17(22)13-7-5-4-6-12(13)16(14)21/h4-10H,1-3H3. The van der Waals surface area contributed by atoms with Crippen LogP contribution >= 0.6 is 0 Å². The summed E-state index contributed by atoms with van der Waals surface area (Å²) in [7, 11) is 1.41. The Labute approximate surface area is 144 Å². The summed E-state index contributed by atoms with van der Waals surface area (Å²) in [5.41, 5.74) is -0.529. The molecule has 3 rings (SSSR count). The third-order valence-electron chi connectivity index (χ3n) is 4.45. The van der Waals surface area contributed by atoms with E-state index in [0.717, 1.165) is 0 Å². The summed E-state index contributed by atoms with van der Waals surface area (Å²) in [5.74, 6) is -2.29. The van der Waals surface area contributed by atoms with Crippen LogP contribution < -0.4 is 0 Å². The van der Waals surface area contributed by atoms with E-state index in [1.807, 2.05) is 0 Å². The van der Waals surface area contributed by atoms with Gasteiger partial charge >= 0.3 is 0 Å². The van der Waals surface area contributed by atoms with Crippen molar-refractivity contribution >= 4 is 23.1 Å². The van der Waals surface area contributed by atoms with Crippen LogP contribution in [0.2, 0.25) is 0 Å². The van der Waals surface area contributed by atoms with Crippen molar-refractivity contribution in [1.82, 2.24) is 0 Å². The minimum Gasteiger partial charge on any atom is -0.371 e. The van der Waals surface area contributed by atoms with Crippen molar-refractivity contribution < 1.29 is 23.9 Å². The van der Waals surface area contributed by atoms with E-state index in [0.29, 0.717) is 0 Å². The van der Waals surface area contributed by atoms with Gasteiger partial charge in [-0.1, -0.05) is 30.3 Å². The number of hydrogen-bond donors (Lipinski definition) is 0. The number of ether oxygens (including phenoxy) is 1. The van der Waals surface area contributed by atoms with E-state index in [-0.39, 0.29) is 33.6 Å². The van der Waals surface area contributed by atoms with E-state index in [2.05, 4.69) is 0 Å². The van der Waals surface area contributed by atoms with Gasteiger partial charge in [0, 0.05) is 34.9 Å². The molecule has 0 radical (unpaired) electrons. The predicted molar refractivity (Wildman–Crippen MR) is 90.4 cm³/mol. The second-order valence-corrected chi connectivity index (χ2v) is 6.34. The lowest BCUT2D eigenvalue weighted by Gasteiger charge is -2.21. The molecule has 0 spiro atoms. The maximum atomic E-state index is 12.7. The van der Waals surface area contributed by atoms with Crippen LogP contribution in [0.5, 0.6) is 0 Å². The molecule has 0 amide bonds. The molecule has 0 aromatic heterocycles. The first-order valence-electron chi connectivity index (χ1n) is 7.74. The lowest BCUT2D eigenvalue weighted by atomic mass is 9.91. The van der Waals surface area contributed by atoms with Gasteiger partial charge in [-0.2, -0.15) is 0 Å². The monoisotopic (exact) mass is 336 g/mol. The molecule has 25 heavy (non-hydrogen) atoms. The van der Waals surface area contributed by atoms with Crippen LogP contribution in [-0.4, -0.2) is 35.8 Å². The lowest BCUT2D eigenvalue weighted by molar-refractivity contribution is 0.0228. The summed E-state index contributed by atoms with van der Waals surface area (Å²) in [5, 5.41) is 0. The normalized spacial score (nSPS) is 14.0. The van der Waals surface area contributed by atoms with Gasteiger partial charge in [-0.3, -0.25) is 19.2 Å². The van der Waals surface area contributed by atoms with Crippen LogP contribution in [0.1, 0.15) is 60.8 Å². The Morgan fingerprint density at radius 3 is 1.92 bits per heavy atom. The molecule has 0 fully saturated rings. The molecule has 0 unspecified atom stereocenters. The first kappa shape index (κ1) is 16.9. The van der Waals surface area contributed by atoms with Crippen molar-refractivity contribution in [3.8, 4) is 0 Å². The molecule has 0 aliphatic heterocycles. The van der Waals surface area contributed by atoms with E-state index < -0.39 is 23.0 Å². The Balaban J connectivity index is 2.19. The number of methoxy groups -OCH3 is 1. The summed E-state index contributed by atoms with van der Waals surface area (Å²) in [6, 6.07) is 10.4. The van der Waals surface area contributed by atoms with E-state index in [9.17, 15) is 19.2 Å². The van der Waals surface area contributed by atoms with Crippen molar-refractivity contribution in [3.05, 3.63) is 70.3 Å². The molecule has 5 heteroatoms. The number of carbonyl (C=O) groups excluding carboxylic acids is 4. The molecule has 1 aliphatic rings. The fourth-order valence-corrected chi connectivity index (χ4v) is 2.78. The third kappa shape index (κ3) is 2.62. The molecule has 0 N–H and O–H groups in total. The average Bonchev–Trinajstić information content (AvgIpc) is 2.71. The largest absolute Gasteiger partial charge is 0.371 e. The van der Waals surface area contributed by atoms with Gasteiger partial charge in [0.15, 0.2) is 11.6 Å². The molecule has 0 saturated carbocycles. The number of fused-ring (bicyclic) bond motifs is 2. The summed E-state index contributed by atoms with van der Waals surface area (Å²) in [6.45, 7) is 3.21. The topological polar surface area (TPSA) is 77.5 Å². The molecular formula is C20H16O5. The highest BCUT2D eigenvalue weighted by atomic mass is 16.5. The number of benzene rings is 2. The first-order chi connectivity index (χ1) is 11.8. The molecule has 2 aromatic carbocycles. The van der Waals surface area contributed by atoms with E-state index >= 15 is 0 Å². The van der Waals surface area contributed by atoms with Crippen molar-refractivity contribution in [2.75, 3.05) is 7.11 Å². The Hall–Kier alpha value is -2.92. The number of carbonyl (C=O) groups is 4. The average molecular weight is 336 g/mol. The Morgan fingerprint density at radius 2 is 1.32 bits per heavy atom. The maximum Gasteiger partial charge on any atom is 0.234 e. The zero-order chi connectivity index (χ0) is 18.4. The minimum atomic E-state index is -1.08. The highest BCUT2D eigenvalue weighted by Crippen LogP contribution is 2.27. The first-order valence-corrected chi connectivity index (χ1v) is 7.74. The maximum absolute atomic E-state index is 12.7. The number of ketones is 4. The summed E-state index contributed by atoms with van der Waals surface area (Å²) in [6.07, 6.45) is 0. The van der Waals surface area contributed by atoms with Crippen molar-refractivity contribution in [3.63, 3.8) is 0 Å². The molecule has 2 aromatic rings. The highest BCUT2D eigenvalue weighted by molar-refractivity contribution is 6.53. The van der Waals surface area contributed by atoms with Crippen molar-refractivity contribution in [2.24, 2.45) is 0 Å². The second-order valence-electron chi connectivity index (χ2n) is 6.34. The van der Waals surface area contributed by atoms with Gasteiger partial charge in [0.25, 0.3) is 0 Å². The fraction of sp³-hybridized carbons (Fsp3) is 0.200. The predicted octanol–water partition coefficient (Wildman–Crippen LogP) is 2.90. The van der Waals surface area contributed by atoms with Gasteiger partial charge in [0.2, 0.25) is 11.6 Å². The van der Waals surface area contributed by atoms with Crippen LogP contribution in [0.15, 0.2) is 42.5 Å². The van der Waals surface area contributed by atoms with Crippen LogP contribution in [0, 0.1) is 0 Å². The Morgan fingerprint density at radius 1 is 0.800 bits per heavy atom. The van der Waals surface area contributed by atoms with Crippen LogP contribution in [0.25, 0.3) is 0 Å². The molecule has 0 atom stereocenters. The number of hydrogen-bond acceptors (Lipinski definition) is 5. The second kappa shape index (κ2) is 5.86. The zero-order valence-corrected chi connectivity index (χ0v) is 14.1. The molecule has 0 bridgehead atoms. The molecular weight excluding hydrogens is 320 g/mol. The quantitative estimate of drug-likeness (QED) is 0.636. The van der Waals surface area contributed by atoms with Gasteiger partial charge in [-0.05, 0) is 26.0 Å². The molecule has 126 valence electrons. The SMILES string of the molecule is COC(C)(C)C(=O)c1ccc2c(c1)C(=O)C(=O)c1ccccc1C2=O. The van der Waals surface area contributed by atoms with E-state index in [1.165, 1.54) is 37.4 Å². The van der Waals surface area contributed by atoms with E-state index in [1.54, 1.807) is 26.0 Å². The smallest absolute Gasteiger partial charge is 0.234 e. The summed E-state index contributed by atoms with van der Waals surface area (Å²) >= 11 is 0.